The molecule has 3 N–H and O–H groups in total. The summed E-state index contributed by atoms with van der Waals surface area (Å²) in [7, 11) is 0. The van der Waals surface area contributed by atoms with Gasteiger partial charge in [-0.25, -0.2) is 10.4 Å². The summed E-state index contributed by atoms with van der Waals surface area (Å²) in [6.45, 7) is 0. The lowest BCUT2D eigenvalue weighted by atomic mass is 10.2. The number of aromatic nitrogens is 1. The Kier molecular flexibility index (Phi) is 5.02. The third kappa shape index (κ3) is 4.06. The van der Waals surface area contributed by atoms with Gasteiger partial charge < -0.3 is 5.73 Å². The van der Waals surface area contributed by atoms with Gasteiger partial charge in [0.25, 0.3) is 5.91 Å². The average Bonchev–Trinajstić information content (AvgIpc) is 3.04. The molecule has 120 valence electrons. The summed E-state index contributed by atoms with van der Waals surface area (Å²) in [4.78, 5) is 16.4. The second kappa shape index (κ2) is 7.37. The second-order valence-electron chi connectivity index (χ2n) is 4.91. The first-order valence-electron chi connectivity index (χ1n) is 7.02. The standard InChI is InChI=1S/C17H13BrN4OS/c18-13-3-1-2-12(8-13)17-21-15(10-24-17)9-20-22-16(23)11-4-6-14(19)7-5-11/h1-10H,19H2,(H,22,23)/b20-9-. The first-order valence-corrected chi connectivity index (χ1v) is 8.69. The number of nitrogen functional groups attached to an aromatic ring is 1. The number of nitrogens with two attached hydrogens (primary N) is 1. The minimum absolute atomic E-state index is 0.298. The molecule has 5 nitrogen and oxygen atoms in total. The van der Waals surface area contributed by atoms with E-state index in [9.17, 15) is 4.79 Å². The lowest BCUT2D eigenvalue weighted by Gasteiger charge is -1.99. The van der Waals surface area contributed by atoms with Crippen LogP contribution in [0.15, 0.2) is 63.5 Å². The highest BCUT2D eigenvalue weighted by Gasteiger charge is 2.05. The van der Waals surface area contributed by atoms with Gasteiger partial charge in [-0.05, 0) is 36.4 Å². The van der Waals surface area contributed by atoms with Crippen molar-refractivity contribution in [3.8, 4) is 10.6 Å². The quantitative estimate of drug-likeness (QED) is 0.395. The van der Waals surface area contributed by atoms with Crippen molar-refractivity contribution in [2.24, 2.45) is 5.10 Å². The number of amides is 1. The van der Waals surface area contributed by atoms with Crippen molar-refractivity contribution in [3.05, 3.63) is 69.6 Å². The molecule has 0 bridgehead atoms. The van der Waals surface area contributed by atoms with E-state index in [4.69, 9.17) is 5.73 Å². The fourth-order valence-electron chi connectivity index (χ4n) is 1.96. The highest BCUT2D eigenvalue weighted by Crippen LogP contribution is 2.25. The minimum atomic E-state index is -0.298. The second-order valence-corrected chi connectivity index (χ2v) is 6.68. The van der Waals surface area contributed by atoms with Gasteiger partial charge in [0.2, 0.25) is 0 Å². The van der Waals surface area contributed by atoms with Gasteiger partial charge in [-0.3, -0.25) is 4.79 Å². The first-order chi connectivity index (χ1) is 11.6. The SMILES string of the molecule is Nc1ccc(C(=O)N/N=C\c2csc(-c3cccc(Br)c3)n2)cc1. The largest absolute Gasteiger partial charge is 0.399 e. The van der Waals surface area contributed by atoms with Crippen molar-refractivity contribution in [2.75, 3.05) is 5.73 Å². The zero-order valence-electron chi connectivity index (χ0n) is 12.4. The van der Waals surface area contributed by atoms with E-state index in [1.165, 1.54) is 17.6 Å². The lowest BCUT2D eigenvalue weighted by molar-refractivity contribution is 0.0955. The van der Waals surface area contributed by atoms with Gasteiger partial charge in [-0.15, -0.1) is 11.3 Å². The van der Waals surface area contributed by atoms with Crippen LogP contribution in [0.5, 0.6) is 0 Å². The van der Waals surface area contributed by atoms with E-state index < -0.39 is 0 Å². The van der Waals surface area contributed by atoms with Crippen LogP contribution in [0.4, 0.5) is 5.69 Å². The molecular weight excluding hydrogens is 388 g/mol. The number of hydrogen-bond acceptors (Lipinski definition) is 5. The highest BCUT2D eigenvalue weighted by atomic mass is 79.9. The van der Waals surface area contributed by atoms with Crippen molar-refractivity contribution in [1.82, 2.24) is 10.4 Å². The Morgan fingerprint density at radius 3 is 2.79 bits per heavy atom. The summed E-state index contributed by atoms with van der Waals surface area (Å²) in [5.74, 6) is -0.298. The molecule has 0 fully saturated rings. The van der Waals surface area contributed by atoms with Gasteiger partial charge in [0.05, 0.1) is 11.9 Å². The van der Waals surface area contributed by atoms with E-state index >= 15 is 0 Å². The Labute approximate surface area is 151 Å². The Balaban J connectivity index is 1.65. The van der Waals surface area contributed by atoms with Crippen LogP contribution in [0.2, 0.25) is 0 Å². The third-order valence-corrected chi connectivity index (χ3v) is 4.53. The minimum Gasteiger partial charge on any atom is -0.399 e. The summed E-state index contributed by atoms with van der Waals surface area (Å²) >= 11 is 4.96. The van der Waals surface area contributed by atoms with Crippen LogP contribution in [0.3, 0.4) is 0 Å². The number of thiazole rings is 1. The normalized spacial score (nSPS) is 10.9. The third-order valence-electron chi connectivity index (χ3n) is 3.13. The molecule has 3 rings (SSSR count). The number of carbonyl (C=O) groups is 1. The van der Waals surface area contributed by atoms with Crippen molar-refractivity contribution in [1.29, 1.82) is 0 Å². The molecule has 3 aromatic rings. The molecule has 0 spiro atoms. The van der Waals surface area contributed by atoms with E-state index in [0.717, 1.165) is 15.0 Å². The molecule has 0 unspecified atom stereocenters. The lowest BCUT2D eigenvalue weighted by Crippen LogP contribution is -2.17. The molecule has 0 aliphatic rings. The molecule has 2 aromatic carbocycles. The molecule has 0 radical (unpaired) electrons. The number of anilines is 1. The number of nitrogens with one attached hydrogen (secondary N) is 1. The predicted octanol–water partition coefficient (Wildman–Crippen LogP) is 3.92. The van der Waals surface area contributed by atoms with Crippen molar-refractivity contribution >= 4 is 45.1 Å². The summed E-state index contributed by atoms with van der Waals surface area (Å²) in [5, 5.41) is 6.72. The Morgan fingerprint density at radius 2 is 2.04 bits per heavy atom. The molecule has 0 saturated heterocycles. The first kappa shape index (κ1) is 16.4. The van der Waals surface area contributed by atoms with E-state index in [2.05, 4.69) is 31.4 Å². The van der Waals surface area contributed by atoms with Gasteiger partial charge in [-0.2, -0.15) is 5.10 Å². The van der Waals surface area contributed by atoms with Crippen molar-refractivity contribution in [2.45, 2.75) is 0 Å². The van der Waals surface area contributed by atoms with Gasteiger partial charge >= 0.3 is 0 Å². The number of hydrogen-bond donors (Lipinski definition) is 2. The number of rotatable bonds is 4. The molecule has 1 aromatic heterocycles. The van der Waals surface area contributed by atoms with Crippen molar-refractivity contribution in [3.63, 3.8) is 0 Å². The zero-order valence-corrected chi connectivity index (χ0v) is 14.8. The topological polar surface area (TPSA) is 80.4 Å². The fraction of sp³-hybridized carbons (Fsp3) is 0. The van der Waals surface area contributed by atoms with Gasteiger partial charge in [-0.1, -0.05) is 28.1 Å². The maximum atomic E-state index is 11.9. The summed E-state index contributed by atoms with van der Waals surface area (Å²) in [6, 6.07) is 14.6. The van der Waals surface area contributed by atoms with Crippen LogP contribution in [0.25, 0.3) is 10.6 Å². The maximum absolute atomic E-state index is 11.9. The molecular formula is C17H13BrN4OS. The summed E-state index contributed by atoms with van der Waals surface area (Å²) in [6.07, 6.45) is 1.52. The van der Waals surface area contributed by atoms with Crippen LogP contribution >= 0.6 is 27.3 Å². The number of benzene rings is 2. The molecule has 0 aliphatic heterocycles. The average molecular weight is 401 g/mol. The van der Waals surface area contributed by atoms with Crippen LogP contribution in [-0.2, 0) is 0 Å². The number of carbonyl (C=O) groups excluding carboxylic acids is 1. The molecule has 24 heavy (non-hydrogen) atoms. The smallest absolute Gasteiger partial charge is 0.271 e. The van der Waals surface area contributed by atoms with E-state index in [0.29, 0.717) is 16.9 Å². The van der Waals surface area contributed by atoms with Crippen molar-refractivity contribution < 1.29 is 4.79 Å². The number of hydrazone groups is 1. The number of halogens is 1. The molecule has 1 heterocycles. The number of nitrogens with zero attached hydrogens (tertiary/aromatic N) is 2. The van der Waals surface area contributed by atoms with Crippen LogP contribution in [0.1, 0.15) is 16.1 Å². The Bertz CT molecular complexity index is 890. The van der Waals surface area contributed by atoms with Crippen LogP contribution in [0, 0.1) is 0 Å². The predicted molar refractivity (Wildman–Crippen MR) is 101 cm³/mol. The monoisotopic (exact) mass is 400 g/mol. The molecule has 0 saturated carbocycles. The zero-order chi connectivity index (χ0) is 16.9. The summed E-state index contributed by atoms with van der Waals surface area (Å²) in [5.41, 5.74) is 10.9. The molecule has 0 atom stereocenters. The van der Waals surface area contributed by atoms with Crippen LogP contribution in [-0.4, -0.2) is 17.1 Å². The van der Waals surface area contributed by atoms with E-state index in [1.807, 2.05) is 29.6 Å². The van der Waals surface area contributed by atoms with E-state index in [1.54, 1.807) is 24.3 Å². The molecule has 7 heteroatoms. The molecule has 0 aliphatic carbocycles. The van der Waals surface area contributed by atoms with Gasteiger partial charge in [0.15, 0.2) is 0 Å². The molecule has 1 amide bonds. The maximum Gasteiger partial charge on any atom is 0.271 e. The van der Waals surface area contributed by atoms with Gasteiger partial charge in [0.1, 0.15) is 5.01 Å². The van der Waals surface area contributed by atoms with Crippen LogP contribution < -0.4 is 11.2 Å². The van der Waals surface area contributed by atoms with E-state index in [-0.39, 0.29) is 5.91 Å². The highest BCUT2D eigenvalue weighted by molar-refractivity contribution is 9.10. The van der Waals surface area contributed by atoms with Gasteiger partial charge in [0, 0.05) is 26.7 Å². The Morgan fingerprint density at radius 1 is 1.25 bits per heavy atom. The Hall–Kier alpha value is -2.51. The summed E-state index contributed by atoms with van der Waals surface area (Å²) < 4.78 is 1.00. The fourth-order valence-corrected chi connectivity index (χ4v) is 3.12.